The van der Waals surface area contributed by atoms with Crippen LogP contribution in [-0.2, 0) is 9.59 Å². The molecule has 5 heteroatoms. The first-order valence-electron chi connectivity index (χ1n) is 6.35. The molecule has 2 rings (SSSR count). The Balaban J connectivity index is 1.89. The summed E-state index contributed by atoms with van der Waals surface area (Å²) in [5, 5.41) is 5.33. The highest BCUT2D eigenvalue weighted by Gasteiger charge is 2.26. The number of hydrogen-bond acceptors (Lipinski definition) is 3. The van der Waals surface area contributed by atoms with Gasteiger partial charge < -0.3 is 15.4 Å². The van der Waals surface area contributed by atoms with Crippen molar-refractivity contribution in [2.45, 2.75) is 31.8 Å². The SMILES string of the molecule is COc1ccc(C(C)NC(=O)C(=O)NC2CC2)cc1. The molecule has 1 aliphatic carbocycles. The third-order valence-corrected chi connectivity index (χ3v) is 3.08. The summed E-state index contributed by atoms with van der Waals surface area (Å²) >= 11 is 0. The molecule has 2 N–H and O–H groups in total. The molecule has 5 nitrogen and oxygen atoms in total. The molecular weight excluding hydrogens is 244 g/mol. The van der Waals surface area contributed by atoms with Crippen molar-refractivity contribution < 1.29 is 14.3 Å². The molecule has 0 saturated heterocycles. The standard InChI is InChI=1S/C14H18N2O3/c1-9(10-3-7-12(19-2)8-4-10)15-13(17)14(18)16-11-5-6-11/h3-4,7-9,11H,5-6H2,1-2H3,(H,15,17)(H,16,18). The van der Waals surface area contributed by atoms with Crippen molar-refractivity contribution in [2.24, 2.45) is 0 Å². The Morgan fingerprint density at radius 3 is 2.37 bits per heavy atom. The summed E-state index contributed by atoms with van der Waals surface area (Å²) in [7, 11) is 1.60. The van der Waals surface area contributed by atoms with Gasteiger partial charge in [-0.3, -0.25) is 9.59 Å². The van der Waals surface area contributed by atoms with E-state index in [2.05, 4.69) is 10.6 Å². The zero-order valence-electron chi connectivity index (χ0n) is 11.1. The van der Waals surface area contributed by atoms with Gasteiger partial charge in [-0.25, -0.2) is 0 Å². The Morgan fingerprint density at radius 1 is 1.21 bits per heavy atom. The highest BCUT2D eigenvalue weighted by atomic mass is 16.5. The number of hydrogen-bond donors (Lipinski definition) is 2. The molecule has 0 radical (unpaired) electrons. The van der Waals surface area contributed by atoms with E-state index in [1.54, 1.807) is 7.11 Å². The average molecular weight is 262 g/mol. The van der Waals surface area contributed by atoms with E-state index in [0.717, 1.165) is 24.2 Å². The van der Waals surface area contributed by atoms with Gasteiger partial charge >= 0.3 is 11.8 Å². The van der Waals surface area contributed by atoms with Crippen LogP contribution < -0.4 is 15.4 Å². The zero-order valence-corrected chi connectivity index (χ0v) is 11.1. The Kier molecular flexibility index (Phi) is 4.04. The Hall–Kier alpha value is -2.04. The third-order valence-electron chi connectivity index (χ3n) is 3.08. The first-order chi connectivity index (χ1) is 9.10. The normalized spacial score (nSPS) is 15.5. The lowest BCUT2D eigenvalue weighted by molar-refractivity contribution is -0.139. The first kappa shape index (κ1) is 13.4. The molecule has 1 fully saturated rings. The van der Waals surface area contributed by atoms with Gasteiger partial charge in [-0.1, -0.05) is 12.1 Å². The number of benzene rings is 1. The van der Waals surface area contributed by atoms with Gasteiger partial charge in [0.25, 0.3) is 0 Å². The van der Waals surface area contributed by atoms with E-state index < -0.39 is 11.8 Å². The second kappa shape index (κ2) is 5.73. The maximum atomic E-state index is 11.7. The van der Waals surface area contributed by atoms with Crippen molar-refractivity contribution in [1.82, 2.24) is 10.6 Å². The van der Waals surface area contributed by atoms with Crippen LogP contribution in [0.4, 0.5) is 0 Å². The number of nitrogens with one attached hydrogen (secondary N) is 2. The first-order valence-corrected chi connectivity index (χ1v) is 6.35. The summed E-state index contributed by atoms with van der Waals surface area (Å²) in [6, 6.07) is 7.34. The second-order valence-corrected chi connectivity index (χ2v) is 4.72. The predicted molar refractivity (Wildman–Crippen MR) is 70.7 cm³/mol. The van der Waals surface area contributed by atoms with Crippen molar-refractivity contribution in [3.63, 3.8) is 0 Å². The fourth-order valence-corrected chi connectivity index (χ4v) is 1.72. The van der Waals surface area contributed by atoms with Crippen LogP contribution in [0.3, 0.4) is 0 Å². The summed E-state index contributed by atoms with van der Waals surface area (Å²) in [6.45, 7) is 1.84. The molecule has 0 heterocycles. The molecule has 19 heavy (non-hydrogen) atoms. The van der Waals surface area contributed by atoms with Gasteiger partial charge in [0.15, 0.2) is 0 Å². The van der Waals surface area contributed by atoms with E-state index >= 15 is 0 Å². The fourth-order valence-electron chi connectivity index (χ4n) is 1.72. The molecule has 1 unspecified atom stereocenters. The third kappa shape index (κ3) is 3.71. The molecule has 1 aromatic rings. The quantitative estimate of drug-likeness (QED) is 0.800. The van der Waals surface area contributed by atoms with Gasteiger partial charge in [-0.15, -0.1) is 0 Å². The molecule has 2 amide bonds. The molecule has 0 aromatic heterocycles. The largest absolute Gasteiger partial charge is 0.497 e. The van der Waals surface area contributed by atoms with Gasteiger partial charge in [-0.05, 0) is 37.5 Å². The maximum absolute atomic E-state index is 11.7. The molecule has 0 spiro atoms. The molecule has 1 aromatic carbocycles. The van der Waals surface area contributed by atoms with Gasteiger partial charge in [0.05, 0.1) is 13.2 Å². The highest BCUT2D eigenvalue weighted by molar-refractivity contribution is 6.35. The van der Waals surface area contributed by atoms with E-state index in [1.807, 2.05) is 31.2 Å². The van der Waals surface area contributed by atoms with Crippen LogP contribution in [0.1, 0.15) is 31.4 Å². The van der Waals surface area contributed by atoms with E-state index in [1.165, 1.54) is 0 Å². The molecule has 1 atom stereocenters. The van der Waals surface area contributed by atoms with Gasteiger partial charge in [0, 0.05) is 6.04 Å². The van der Waals surface area contributed by atoms with Crippen molar-refractivity contribution >= 4 is 11.8 Å². The molecule has 1 saturated carbocycles. The summed E-state index contributed by atoms with van der Waals surface area (Å²) in [5.41, 5.74) is 0.924. The zero-order chi connectivity index (χ0) is 13.8. The van der Waals surface area contributed by atoms with Crippen LogP contribution >= 0.6 is 0 Å². The van der Waals surface area contributed by atoms with Crippen LogP contribution in [-0.4, -0.2) is 25.0 Å². The molecular formula is C14H18N2O3. The van der Waals surface area contributed by atoms with Crippen molar-refractivity contribution in [2.75, 3.05) is 7.11 Å². The Labute approximate surface area is 112 Å². The van der Waals surface area contributed by atoms with E-state index in [4.69, 9.17) is 4.74 Å². The number of carbonyl (C=O) groups is 2. The minimum absolute atomic E-state index is 0.189. The highest BCUT2D eigenvalue weighted by Crippen LogP contribution is 2.19. The van der Waals surface area contributed by atoms with Gasteiger partial charge in [0.2, 0.25) is 0 Å². The van der Waals surface area contributed by atoms with Crippen molar-refractivity contribution in [1.29, 1.82) is 0 Å². The number of ether oxygens (including phenoxy) is 1. The van der Waals surface area contributed by atoms with Crippen molar-refractivity contribution in [3.05, 3.63) is 29.8 Å². The molecule has 0 aliphatic heterocycles. The number of carbonyl (C=O) groups excluding carboxylic acids is 2. The molecule has 1 aliphatic rings. The summed E-state index contributed by atoms with van der Waals surface area (Å²) in [6.07, 6.45) is 1.93. The predicted octanol–water partition coefficient (Wildman–Crippen LogP) is 1.15. The minimum Gasteiger partial charge on any atom is -0.497 e. The van der Waals surface area contributed by atoms with Crippen LogP contribution in [0.2, 0.25) is 0 Å². The number of methoxy groups -OCH3 is 1. The maximum Gasteiger partial charge on any atom is 0.309 e. The lowest BCUT2D eigenvalue weighted by Crippen LogP contribution is -2.41. The van der Waals surface area contributed by atoms with Gasteiger partial charge in [0.1, 0.15) is 5.75 Å². The fraction of sp³-hybridized carbons (Fsp3) is 0.429. The number of rotatable bonds is 4. The molecule has 102 valence electrons. The lowest BCUT2D eigenvalue weighted by Gasteiger charge is -2.14. The summed E-state index contributed by atoms with van der Waals surface area (Å²) in [5.74, 6) is -0.383. The average Bonchev–Trinajstić information content (AvgIpc) is 3.22. The lowest BCUT2D eigenvalue weighted by atomic mass is 10.1. The van der Waals surface area contributed by atoms with E-state index in [9.17, 15) is 9.59 Å². The van der Waals surface area contributed by atoms with Crippen LogP contribution in [0.15, 0.2) is 24.3 Å². The van der Waals surface area contributed by atoms with Crippen LogP contribution in [0.25, 0.3) is 0 Å². The Morgan fingerprint density at radius 2 is 1.84 bits per heavy atom. The van der Waals surface area contributed by atoms with E-state index in [-0.39, 0.29) is 12.1 Å². The van der Waals surface area contributed by atoms with Gasteiger partial charge in [-0.2, -0.15) is 0 Å². The monoisotopic (exact) mass is 262 g/mol. The molecule has 0 bridgehead atoms. The van der Waals surface area contributed by atoms with Crippen molar-refractivity contribution in [3.8, 4) is 5.75 Å². The number of amides is 2. The van der Waals surface area contributed by atoms with Crippen LogP contribution in [0.5, 0.6) is 5.75 Å². The smallest absolute Gasteiger partial charge is 0.309 e. The second-order valence-electron chi connectivity index (χ2n) is 4.72. The Bertz CT molecular complexity index is 466. The van der Waals surface area contributed by atoms with Crippen LogP contribution in [0, 0.1) is 0 Å². The summed E-state index contributed by atoms with van der Waals surface area (Å²) < 4.78 is 5.07. The van der Waals surface area contributed by atoms with E-state index in [0.29, 0.717) is 0 Å². The minimum atomic E-state index is -0.588. The summed E-state index contributed by atoms with van der Waals surface area (Å²) in [4.78, 5) is 23.2. The topological polar surface area (TPSA) is 67.4 Å².